The van der Waals surface area contributed by atoms with Gasteiger partial charge in [0.15, 0.2) is 11.5 Å². The van der Waals surface area contributed by atoms with Crippen LogP contribution in [0.2, 0.25) is 0 Å². The van der Waals surface area contributed by atoms with Crippen LogP contribution in [-0.2, 0) is 11.2 Å². The van der Waals surface area contributed by atoms with Crippen LogP contribution in [-0.4, -0.2) is 37.4 Å². The van der Waals surface area contributed by atoms with Crippen molar-refractivity contribution in [1.29, 1.82) is 0 Å². The van der Waals surface area contributed by atoms with E-state index in [4.69, 9.17) is 9.47 Å². The third-order valence-corrected chi connectivity index (χ3v) is 6.38. The van der Waals surface area contributed by atoms with Crippen LogP contribution in [0.3, 0.4) is 0 Å². The fraction of sp³-hybridized carbons (Fsp3) is 0.250. The Bertz CT molecular complexity index is 1070. The van der Waals surface area contributed by atoms with Crippen LogP contribution < -0.4 is 9.47 Å². The van der Waals surface area contributed by atoms with Crippen LogP contribution in [0.15, 0.2) is 53.9 Å². The average molecular weight is 422 g/mol. The highest BCUT2D eigenvalue weighted by Crippen LogP contribution is 2.42. The van der Waals surface area contributed by atoms with Gasteiger partial charge in [0.05, 0.1) is 20.3 Å². The number of thiophene rings is 1. The molecule has 154 valence electrons. The molecule has 1 aliphatic rings. The van der Waals surface area contributed by atoms with Gasteiger partial charge in [-0.25, -0.2) is 0 Å². The molecule has 6 heteroatoms. The minimum atomic E-state index is -0.488. The average Bonchev–Trinajstić information content (AvgIpc) is 3.31. The Morgan fingerprint density at radius 1 is 1.03 bits per heavy atom. The first-order valence-corrected chi connectivity index (χ1v) is 10.6. The maximum absolute atomic E-state index is 13.3. The standard InChI is InChI=1S/C24H23NO4S/c1-15-6-8-16(9-7-15)23(26)24(27)25-11-10-17-13-19(28-2)20(29-3)14-18(17)22(25)21-5-4-12-30-21/h4-9,12-14,22H,10-11H2,1-3H3. The lowest BCUT2D eigenvalue weighted by Gasteiger charge is -2.37. The van der Waals surface area contributed by atoms with Gasteiger partial charge in [0.1, 0.15) is 0 Å². The van der Waals surface area contributed by atoms with Gasteiger partial charge in [-0.2, -0.15) is 0 Å². The van der Waals surface area contributed by atoms with Crippen molar-refractivity contribution in [2.24, 2.45) is 0 Å². The second-order valence-electron chi connectivity index (χ2n) is 7.27. The van der Waals surface area contributed by atoms with Gasteiger partial charge in [0.2, 0.25) is 5.78 Å². The van der Waals surface area contributed by atoms with Crippen molar-refractivity contribution >= 4 is 23.0 Å². The number of hydrogen-bond donors (Lipinski definition) is 0. The molecule has 0 aliphatic carbocycles. The van der Waals surface area contributed by atoms with Crippen molar-refractivity contribution in [2.45, 2.75) is 19.4 Å². The molecule has 30 heavy (non-hydrogen) atoms. The molecule has 2 aromatic carbocycles. The summed E-state index contributed by atoms with van der Waals surface area (Å²) in [6.45, 7) is 2.41. The largest absolute Gasteiger partial charge is 0.493 e. The van der Waals surface area contributed by atoms with E-state index < -0.39 is 11.7 Å². The molecule has 0 spiro atoms. The molecule has 2 heterocycles. The summed E-state index contributed by atoms with van der Waals surface area (Å²) in [5.41, 5.74) is 3.52. The summed E-state index contributed by atoms with van der Waals surface area (Å²) in [6.07, 6.45) is 0.643. The van der Waals surface area contributed by atoms with Crippen LogP contribution in [0.1, 0.15) is 38.0 Å². The lowest BCUT2D eigenvalue weighted by molar-refractivity contribution is -0.128. The number of aryl methyl sites for hydroxylation is 1. The fourth-order valence-corrected chi connectivity index (χ4v) is 4.73. The van der Waals surface area contributed by atoms with Crippen LogP contribution in [0.5, 0.6) is 11.5 Å². The number of nitrogens with zero attached hydrogens (tertiary/aromatic N) is 1. The molecule has 1 amide bonds. The summed E-state index contributed by atoms with van der Waals surface area (Å²) in [7, 11) is 3.21. The summed E-state index contributed by atoms with van der Waals surface area (Å²) >= 11 is 1.57. The molecule has 0 bridgehead atoms. The van der Waals surface area contributed by atoms with E-state index in [1.165, 1.54) is 0 Å². The van der Waals surface area contributed by atoms with Crippen LogP contribution in [0.4, 0.5) is 0 Å². The van der Waals surface area contributed by atoms with E-state index in [-0.39, 0.29) is 6.04 Å². The summed E-state index contributed by atoms with van der Waals surface area (Å²) in [6, 6.07) is 14.6. The van der Waals surface area contributed by atoms with Gasteiger partial charge in [0.25, 0.3) is 5.91 Å². The zero-order valence-electron chi connectivity index (χ0n) is 17.2. The van der Waals surface area contributed by atoms with E-state index in [0.29, 0.717) is 30.0 Å². The number of carbonyl (C=O) groups is 2. The fourth-order valence-electron chi connectivity index (χ4n) is 3.88. The van der Waals surface area contributed by atoms with Crippen LogP contribution in [0.25, 0.3) is 0 Å². The molecule has 3 aromatic rings. The number of Topliss-reactive ketones (excluding diaryl/α,β-unsaturated/α-hetero) is 1. The molecule has 0 saturated heterocycles. The number of amides is 1. The van der Waals surface area contributed by atoms with Crippen LogP contribution >= 0.6 is 11.3 Å². The molecule has 1 unspecified atom stereocenters. The topological polar surface area (TPSA) is 55.8 Å². The van der Waals surface area contributed by atoms with Crippen molar-refractivity contribution in [3.63, 3.8) is 0 Å². The van der Waals surface area contributed by atoms with Gasteiger partial charge in [0, 0.05) is 17.0 Å². The molecule has 4 rings (SSSR count). The molecule has 1 atom stereocenters. The predicted octanol–water partition coefficient (Wildman–Crippen LogP) is 4.43. The molecule has 5 nitrogen and oxygen atoms in total. The van der Waals surface area contributed by atoms with Gasteiger partial charge < -0.3 is 14.4 Å². The van der Waals surface area contributed by atoms with E-state index in [2.05, 4.69) is 0 Å². The Morgan fingerprint density at radius 2 is 1.73 bits per heavy atom. The first-order chi connectivity index (χ1) is 14.5. The van der Waals surface area contributed by atoms with Gasteiger partial charge in [-0.15, -0.1) is 11.3 Å². The van der Waals surface area contributed by atoms with Crippen molar-refractivity contribution in [2.75, 3.05) is 20.8 Å². The zero-order chi connectivity index (χ0) is 21.3. The minimum Gasteiger partial charge on any atom is -0.493 e. The molecule has 1 aliphatic heterocycles. The van der Waals surface area contributed by atoms with E-state index in [9.17, 15) is 9.59 Å². The Labute approximate surface area is 179 Å². The molecular weight excluding hydrogens is 398 g/mol. The van der Waals surface area contributed by atoms with Crippen LogP contribution in [0, 0.1) is 6.92 Å². The number of ether oxygens (including phenoxy) is 2. The monoisotopic (exact) mass is 421 g/mol. The van der Waals surface area contributed by atoms with Gasteiger partial charge >= 0.3 is 0 Å². The molecule has 1 aromatic heterocycles. The first-order valence-electron chi connectivity index (χ1n) is 9.73. The summed E-state index contributed by atoms with van der Waals surface area (Å²) in [5.74, 6) is 0.298. The number of benzene rings is 2. The molecule has 0 radical (unpaired) electrons. The number of carbonyl (C=O) groups excluding carboxylic acids is 2. The normalized spacial score (nSPS) is 15.4. The van der Waals surface area contributed by atoms with Gasteiger partial charge in [-0.3, -0.25) is 9.59 Å². The zero-order valence-corrected chi connectivity index (χ0v) is 18.0. The predicted molar refractivity (Wildman–Crippen MR) is 117 cm³/mol. The summed E-state index contributed by atoms with van der Waals surface area (Å²) < 4.78 is 11.0. The highest BCUT2D eigenvalue weighted by molar-refractivity contribution is 7.10. The van der Waals surface area contributed by atoms with Crippen molar-refractivity contribution < 1.29 is 19.1 Å². The van der Waals surface area contributed by atoms with E-state index in [1.807, 2.05) is 48.7 Å². The van der Waals surface area contributed by atoms with Crippen molar-refractivity contribution in [1.82, 2.24) is 4.90 Å². The maximum atomic E-state index is 13.3. The third-order valence-electron chi connectivity index (χ3n) is 5.46. The smallest absolute Gasteiger partial charge is 0.295 e. The Balaban J connectivity index is 1.76. The number of hydrogen-bond acceptors (Lipinski definition) is 5. The molecule has 0 N–H and O–H groups in total. The maximum Gasteiger partial charge on any atom is 0.295 e. The Morgan fingerprint density at radius 3 is 2.37 bits per heavy atom. The second kappa shape index (κ2) is 8.32. The molecule has 0 saturated carbocycles. The molecular formula is C24H23NO4S. The number of methoxy groups -OCH3 is 2. The third kappa shape index (κ3) is 3.59. The van der Waals surface area contributed by atoms with Crippen molar-refractivity contribution in [3.8, 4) is 11.5 Å². The number of rotatable bonds is 5. The quantitative estimate of drug-likeness (QED) is 0.452. The first kappa shape index (κ1) is 20.2. The van der Waals surface area contributed by atoms with E-state index in [1.54, 1.807) is 42.6 Å². The highest BCUT2D eigenvalue weighted by Gasteiger charge is 2.36. The summed E-state index contributed by atoms with van der Waals surface area (Å²) in [5, 5.41) is 1.98. The summed E-state index contributed by atoms with van der Waals surface area (Å²) in [4.78, 5) is 29.0. The number of fused-ring (bicyclic) bond motifs is 1. The lowest BCUT2D eigenvalue weighted by atomic mass is 9.90. The van der Waals surface area contributed by atoms with Crippen molar-refractivity contribution in [3.05, 3.63) is 81.0 Å². The second-order valence-corrected chi connectivity index (χ2v) is 8.25. The van der Waals surface area contributed by atoms with Gasteiger partial charge in [-0.1, -0.05) is 35.9 Å². The Kier molecular flexibility index (Phi) is 5.59. The number of ketones is 1. The van der Waals surface area contributed by atoms with Gasteiger partial charge in [-0.05, 0) is 48.1 Å². The Hall–Kier alpha value is -3.12. The van der Waals surface area contributed by atoms with E-state index >= 15 is 0 Å². The lowest BCUT2D eigenvalue weighted by Crippen LogP contribution is -2.43. The SMILES string of the molecule is COc1cc2c(cc1OC)C(c1cccs1)N(C(=O)C(=O)c1ccc(C)cc1)CC2. The minimum absolute atomic E-state index is 0.338. The molecule has 0 fully saturated rings. The highest BCUT2D eigenvalue weighted by atomic mass is 32.1. The van der Waals surface area contributed by atoms with E-state index in [0.717, 1.165) is 21.6 Å².